The number of benzene rings is 4. The fraction of sp³-hybridized carbons (Fsp3) is 0.0476. The van der Waals surface area contributed by atoms with Crippen LogP contribution in [0.1, 0.15) is 11.4 Å². The van der Waals surface area contributed by atoms with Gasteiger partial charge >= 0.3 is 20.1 Å². The quantitative estimate of drug-likeness (QED) is 0.129. The molecule has 0 atom stereocenters. The van der Waals surface area contributed by atoms with E-state index in [1.165, 1.54) is 31.3 Å². The van der Waals surface area contributed by atoms with Gasteiger partial charge in [-0.3, -0.25) is 4.98 Å². The number of fused-ring (bicyclic) bond motifs is 4. The number of aromatic nitrogens is 4. The van der Waals surface area contributed by atoms with E-state index in [9.17, 15) is 0 Å². The van der Waals surface area contributed by atoms with Crippen molar-refractivity contribution in [2.45, 2.75) is 23.6 Å². The predicted molar refractivity (Wildman–Crippen MR) is 192 cm³/mol. The second-order valence-electron chi connectivity index (χ2n) is 10.9. The third-order valence-electron chi connectivity index (χ3n) is 7.71. The molecular weight excluding hydrogens is 785 g/mol. The van der Waals surface area contributed by atoms with Crippen LogP contribution in [0.15, 0.2) is 150 Å². The first-order chi connectivity index (χ1) is 23.2. The summed E-state index contributed by atoms with van der Waals surface area (Å²) in [4.78, 5) is 20.2. The number of hydrogen-bond acceptors (Lipinski definition) is 5. The summed E-state index contributed by atoms with van der Waals surface area (Å²) >= 11 is 1.80. The molecule has 4 aromatic carbocycles. The van der Waals surface area contributed by atoms with Crippen molar-refractivity contribution in [2.75, 3.05) is 0 Å². The Morgan fingerprint density at radius 2 is 1.19 bits per heavy atom. The van der Waals surface area contributed by atoms with Crippen molar-refractivity contribution in [1.82, 2.24) is 19.9 Å². The summed E-state index contributed by atoms with van der Waals surface area (Å²) in [6.07, 6.45) is 5.49. The molecule has 0 spiro atoms. The van der Waals surface area contributed by atoms with Crippen LogP contribution in [-0.4, -0.2) is 19.9 Å². The van der Waals surface area contributed by atoms with E-state index in [4.69, 9.17) is 0 Å². The summed E-state index contributed by atoms with van der Waals surface area (Å²) in [5, 5.41) is 4.99. The average molecular weight is 814 g/mol. The van der Waals surface area contributed by atoms with Gasteiger partial charge in [0.1, 0.15) is 0 Å². The molecule has 1 aliphatic rings. The molecule has 4 aromatic heterocycles. The molecule has 5 heterocycles. The van der Waals surface area contributed by atoms with Gasteiger partial charge in [0.25, 0.3) is 0 Å². The second kappa shape index (κ2) is 15.3. The monoisotopic (exact) mass is 814 g/mol. The molecule has 0 saturated heterocycles. The summed E-state index contributed by atoms with van der Waals surface area (Å²) in [6.45, 7) is 4.14. The van der Waals surface area contributed by atoms with E-state index >= 15 is 0 Å². The summed E-state index contributed by atoms with van der Waals surface area (Å²) in [7, 11) is 0. The van der Waals surface area contributed by atoms with E-state index in [0.29, 0.717) is 0 Å². The number of nitrogens with zero attached hydrogens (tertiary/aromatic N) is 4. The smallest absolute Gasteiger partial charge is 0.305 e. The maximum absolute atomic E-state index is 4.67. The van der Waals surface area contributed by atoms with Gasteiger partial charge in [-0.25, -0.2) is 0 Å². The number of hydrogen-bond donors (Lipinski definition) is 0. The number of rotatable bonds is 2. The Morgan fingerprint density at radius 3 is 1.79 bits per heavy atom. The number of aryl methyl sites for hydroxylation is 2. The molecule has 1 aliphatic heterocycles. The van der Waals surface area contributed by atoms with Crippen LogP contribution in [0.2, 0.25) is 0 Å². The van der Waals surface area contributed by atoms with Crippen LogP contribution in [0.3, 0.4) is 0 Å². The molecule has 232 valence electrons. The van der Waals surface area contributed by atoms with Crippen LogP contribution in [0, 0.1) is 32.0 Å². The third kappa shape index (κ3) is 7.12. The van der Waals surface area contributed by atoms with Crippen LogP contribution >= 0.6 is 11.8 Å². The third-order valence-corrected chi connectivity index (χ3v) is 8.82. The first-order valence-corrected chi connectivity index (χ1v) is 16.1. The van der Waals surface area contributed by atoms with Crippen molar-refractivity contribution in [3.63, 3.8) is 0 Å². The van der Waals surface area contributed by atoms with E-state index in [1.807, 2.05) is 103 Å². The van der Waals surface area contributed by atoms with Crippen molar-refractivity contribution in [3.8, 4) is 33.8 Å². The van der Waals surface area contributed by atoms with Gasteiger partial charge in [-0.15, -0.1) is 113 Å². The average Bonchev–Trinajstić information content (AvgIpc) is 3.14. The number of pyridine rings is 4. The Kier molecular flexibility index (Phi) is 10.5. The van der Waals surface area contributed by atoms with Crippen molar-refractivity contribution in [3.05, 3.63) is 170 Å². The molecule has 8 aromatic rings. The molecule has 0 amide bonds. The zero-order valence-electron chi connectivity index (χ0n) is 26.3. The Balaban J connectivity index is 0.000000136. The normalized spacial score (nSPS) is 10.9. The second-order valence-corrected chi connectivity index (χ2v) is 12.0. The SMILES string of the molecule is Cc1cc2c(cc3c4c(nccc42)-c2[c-]cccc2S3)c(C)n1.[Ir+3].[c-]1ccccc1-c1ccccn1.[c-]1ccccc1-c1ccccn1. The Hall–Kier alpha value is -5.00. The van der Waals surface area contributed by atoms with Gasteiger partial charge < -0.3 is 15.0 Å². The van der Waals surface area contributed by atoms with Gasteiger partial charge in [0.2, 0.25) is 0 Å². The van der Waals surface area contributed by atoms with Gasteiger partial charge in [0.15, 0.2) is 0 Å². The predicted octanol–water partition coefficient (Wildman–Crippen LogP) is 10.4. The van der Waals surface area contributed by atoms with Crippen molar-refractivity contribution in [1.29, 1.82) is 0 Å². The molecule has 48 heavy (non-hydrogen) atoms. The fourth-order valence-corrected chi connectivity index (χ4v) is 6.74. The molecule has 0 N–H and O–H groups in total. The summed E-state index contributed by atoms with van der Waals surface area (Å²) in [5.74, 6) is 0. The summed E-state index contributed by atoms with van der Waals surface area (Å²) < 4.78 is 0. The summed E-state index contributed by atoms with van der Waals surface area (Å²) in [5.41, 5.74) is 8.31. The van der Waals surface area contributed by atoms with E-state index in [2.05, 4.69) is 76.2 Å². The molecule has 0 radical (unpaired) electrons. The Labute approximate surface area is 298 Å². The molecular formula is C42H29IrN4S. The Bertz CT molecular complexity index is 2130. The minimum Gasteiger partial charge on any atom is -0.305 e. The maximum atomic E-state index is 4.67. The minimum atomic E-state index is 0. The van der Waals surface area contributed by atoms with Gasteiger partial charge in [0, 0.05) is 40.3 Å². The maximum Gasteiger partial charge on any atom is 3.00 e. The van der Waals surface area contributed by atoms with Crippen LogP contribution in [0.5, 0.6) is 0 Å². The van der Waals surface area contributed by atoms with E-state index < -0.39 is 0 Å². The molecule has 6 heteroatoms. The molecule has 9 rings (SSSR count). The van der Waals surface area contributed by atoms with Crippen LogP contribution < -0.4 is 0 Å². The molecule has 0 aliphatic carbocycles. The van der Waals surface area contributed by atoms with Crippen molar-refractivity contribution < 1.29 is 20.1 Å². The molecule has 0 fully saturated rings. The van der Waals surface area contributed by atoms with Crippen molar-refractivity contribution in [2.24, 2.45) is 0 Å². The van der Waals surface area contributed by atoms with E-state index in [-0.39, 0.29) is 20.1 Å². The molecule has 0 saturated carbocycles. The van der Waals surface area contributed by atoms with Gasteiger partial charge in [-0.1, -0.05) is 29.2 Å². The van der Waals surface area contributed by atoms with Gasteiger partial charge in [0.05, 0.1) is 0 Å². The molecule has 0 bridgehead atoms. The first-order valence-electron chi connectivity index (χ1n) is 15.3. The van der Waals surface area contributed by atoms with Crippen LogP contribution in [-0.2, 0) is 20.1 Å². The van der Waals surface area contributed by atoms with E-state index in [0.717, 1.165) is 45.2 Å². The van der Waals surface area contributed by atoms with Gasteiger partial charge in [-0.2, -0.15) is 0 Å². The standard InChI is InChI=1S/C20H13N2S.2C11H8N.Ir/c1-11-9-16-13-7-8-21-20-14-5-3-4-6-17(14)23-18(19(13)20)10-15(16)12(2)22-11;2*1-2-6-10(7-3-1)11-8-4-5-9-12-11;/h3-4,6-10H,1-2H3;2*1-6,8-9H;/q3*-1;+3. The summed E-state index contributed by atoms with van der Waals surface area (Å²) in [6, 6.07) is 49.7. The fourth-order valence-electron chi connectivity index (χ4n) is 5.61. The van der Waals surface area contributed by atoms with Crippen molar-refractivity contribution >= 4 is 33.3 Å². The minimum absolute atomic E-state index is 0. The van der Waals surface area contributed by atoms with Crippen LogP contribution in [0.4, 0.5) is 0 Å². The van der Waals surface area contributed by atoms with Crippen LogP contribution in [0.25, 0.3) is 55.3 Å². The zero-order chi connectivity index (χ0) is 32.0. The largest absolute Gasteiger partial charge is 3.00 e. The topological polar surface area (TPSA) is 51.6 Å². The Morgan fingerprint density at radius 1 is 0.542 bits per heavy atom. The molecule has 4 nitrogen and oxygen atoms in total. The molecule has 0 unspecified atom stereocenters. The van der Waals surface area contributed by atoms with E-state index in [1.54, 1.807) is 24.2 Å². The van der Waals surface area contributed by atoms with Gasteiger partial charge in [-0.05, 0) is 77.4 Å². The first kappa shape index (κ1) is 32.9. The zero-order valence-corrected chi connectivity index (χ0v) is 29.5.